The van der Waals surface area contributed by atoms with E-state index in [9.17, 15) is 4.79 Å². The highest BCUT2D eigenvalue weighted by atomic mass is 16.1. The summed E-state index contributed by atoms with van der Waals surface area (Å²) < 4.78 is 1.53. The number of fused-ring (bicyclic) bond motifs is 1. The second-order valence-electron chi connectivity index (χ2n) is 6.51. The van der Waals surface area contributed by atoms with Crippen LogP contribution in [0.4, 0.5) is 5.82 Å². The number of rotatable bonds is 3. The average Bonchev–Trinajstić information content (AvgIpc) is 2.91. The predicted molar refractivity (Wildman–Crippen MR) is 94.2 cm³/mol. The summed E-state index contributed by atoms with van der Waals surface area (Å²) in [7, 11) is 1.73. The molecule has 0 spiro atoms. The van der Waals surface area contributed by atoms with Gasteiger partial charge in [-0.3, -0.25) is 4.57 Å². The van der Waals surface area contributed by atoms with Crippen molar-refractivity contribution in [2.24, 2.45) is 13.0 Å². The fraction of sp³-hybridized carbons (Fsp3) is 0.389. The molecule has 0 amide bonds. The van der Waals surface area contributed by atoms with E-state index in [0.29, 0.717) is 11.6 Å². The maximum absolute atomic E-state index is 11.8. The summed E-state index contributed by atoms with van der Waals surface area (Å²) in [6.07, 6.45) is 4.95. The number of aromatic amines is 1. The molecule has 1 fully saturated rings. The van der Waals surface area contributed by atoms with Crippen LogP contribution in [0.1, 0.15) is 18.4 Å². The number of aromatic nitrogens is 4. The maximum Gasteiger partial charge on any atom is 0.327 e. The lowest BCUT2D eigenvalue weighted by molar-refractivity contribution is 0.402. The molecule has 0 atom stereocenters. The van der Waals surface area contributed by atoms with E-state index in [1.54, 1.807) is 13.4 Å². The quantitative estimate of drug-likeness (QED) is 0.802. The molecule has 0 radical (unpaired) electrons. The number of benzene rings is 1. The van der Waals surface area contributed by atoms with E-state index in [4.69, 9.17) is 0 Å². The number of anilines is 1. The summed E-state index contributed by atoms with van der Waals surface area (Å²) in [4.78, 5) is 25.6. The number of nitrogens with zero attached hydrogens (tertiary/aromatic N) is 4. The van der Waals surface area contributed by atoms with E-state index in [2.05, 4.69) is 50.2 Å². The molecule has 3 aromatic rings. The molecular weight excluding hydrogens is 302 g/mol. The van der Waals surface area contributed by atoms with Crippen molar-refractivity contribution in [3.63, 3.8) is 0 Å². The van der Waals surface area contributed by atoms with Gasteiger partial charge in [-0.1, -0.05) is 30.3 Å². The molecular formula is C18H21N5O. The smallest absolute Gasteiger partial charge is 0.327 e. The summed E-state index contributed by atoms with van der Waals surface area (Å²) in [5.41, 5.74) is 2.67. The molecule has 6 nitrogen and oxygen atoms in total. The lowest BCUT2D eigenvalue weighted by Gasteiger charge is -2.32. The highest BCUT2D eigenvalue weighted by Gasteiger charge is 2.23. The summed E-state index contributed by atoms with van der Waals surface area (Å²) in [5.74, 6) is 1.55. The van der Waals surface area contributed by atoms with Crippen molar-refractivity contribution in [1.82, 2.24) is 19.5 Å². The Morgan fingerprint density at radius 2 is 1.92 bits per heavy atom. The average molecular weight is 323 g/mol. The lowest BCUT2D eigenvalue weighted by Crippen LogP contribution is -2.35. The van der Waals surface area contributed by atoms with Gasteiger partial charge in [-0.25, -0.2) is 14.8 Å². The third-order valence-electron chi connectivity index (χ3n) is 4.94. The van der Waals surface area contributed by atoms with Crippen LogP contribution in [0.5, 0.6) is 0 Å². The van der Waals surface area contributed by atoms with Crippen LogP contribution in [-0.2, 0) is 13.5 Å². The summed E-state index contributed by atoms with van der Waals surface area (Å²) in [5, 5.41) is 0. The van der Waals surface area contributed by atoms with Crippen LogP contribution >= 0.6 is 0 Å². The SMILES string of the molecule is Cn1c(=O)[nH]c2c(N3CCC(Cc4ccccc4)CC3)ncnc21. The standard InChI is InChI=1S/C18H21N5O/c1-22-16-15(21-18(22)24)17(20-12-19-16)23-9-7-14(8-10-23)11-13-5-3-2-4-6-13/h2-6,12,14H,7-11H2,1H3,(H,21,24). The Balaban J connectivity index is 1.50. The van der Waals surface area contributed by atoms with Gasteiger partial charge in [-0.2, -0.15) is 0 Å². The fourth-order valence-corrected chi connectivity index (χ4v) is 3.56. The van der Waals surface area contributed by atoms with Gasteiger partial charge in [0.05, 0.1) is 0 Å². The van der Waals surface area contributed by atoms with Crippen LogP contribution in [-0.4, -0.2) is 32.6 Å². The van der Waals surface area contributed by atoms with Gasteiger partial charge in [0.25, 0.3) is 0 Å². The molecule has 0 saturated carbocycles. The van der Waals surface area contributed by atoms with Gasteiger partial charge >= 0.3 is 5.69 Å². The van der Waals surface area contributed by atoms with Crippen molar-refractivity contribution < 1.29 is 0 Å². The molecule has 124 valence electrons. The van der Waals surface area contributed by atoms with Gasteiger partial charge in [-0.05, 0) is 30.7 Å². The van der Waals surface area contributed by atoms with Crippen molar-refractivity contribution in [1.29, 1.82) is 0 Å². The molecule has 0 aliphatic carbocycles. The zero-order valence-corrected chi connectivity index (χ0v) is 13.8. The monoisotopic (exact) mass is 323 g/mol. The van der Waals surface area contributed by atoms with E-state index in [0.717, 1.165) is 43.7 Å². The normalized spacial score (nSPS) is 16.0. The van der Waals surface area contributed by atoms with Crippen molar-refractivity contribution in [2.75, 3.05) is 18.0 Å². The van der Waals surface area contributed by atoms with E-state index in [-0.39, 0.29) is 5.69 Å². The van der Waals surface area contributed by atoms with Gasteiger partial charge in [-0.15, -0.1) is 0 Å². The molecule has 1 saturated heterocycles. The zero-order chi connectivity index (χ0) is 16.5. The Morgan fingerprint density at radius 3 is 2.67 bits per heavy atom. The summed E-state index contributed by atoms with van der Waals surface area (Å²) in [6.45, 7) is 1.92. The second kappa shape index (κ2) is 6.11. The molecule has 3 heterocycles. The van der Waals surface area contributed by atoms with E-state index < -0.39 is 0 Å². The Labute approximate surface area is 140 Å². The second-order valence-corrected chi connectivity index (χ2v) is 6.51. The molecule has 0 bridgehead atoms. The minimum Gasteiger partial charge on any atom is -0.355 e. The number of aryl methyl sites for hydroxylation is 1. The number of H-pyrrole nitrogens is 1. The lowest BCUT2D eigenvalue weighted by atomic mass is 9.90. The summed E-state index contributed by atoms with van der Waals surface area (Å²) in [6, 6.07) is 10.7. The highest BCUT2D eigenvalue weighted by molar-refractivity contribution is 5.83. The van der Waals surface area contributed by atoms with Crippen LogP contribution in [0, 0.1) is 5.92 Å². The van der Waals surface area contributed by atoms with Crippen LogP contribution in [0.3, 0.4) is 0 Å². The van der Waals surface area contributed by atoms with E-state index in [1.807, 2.05) is 0 Å². The number of hydrogen-bond donors (Lipinski definition) is 1. The molecule has 1 aliphatic rings. The first-order chi connectivity index (χ1) is 11.7. The Morgan fingerprint density at radius 1 is 1.17 bits per heavy atom. The number of hydrogen-bond acceptors (Lipinski definition) is 4. The van der Waals surface area contributed by atoms with Crippen molar-refractivity contribution in [3.05, 3.63) is 52.7 Å². The fourth-order valence-electron chi connectivity index (χ4n) is 3.56. The Kier molecular flexibility index (Phi) is 3.80. The number of nitrogens with one attached hydrogen (secondary N) is 1. The maximum atomic E-state index is 11.8. The van der Waals surface area contributed by atoms with Crippen LogP contribution in [0.25, 0.3) is 11.2 Å². The van der Waals surface area contributed by atoms with Gasteiger partial charge in [0, 0.05) is 20.1 Å². The van der Waals surface area contributed by atoms with Crippen molar-refractivity contribution in [2.45, 2.75) is 19.3 Å². The third kappa shape index (κ3) is 2.68. The third-order valence-corrected chi connectivity index (χ3v) is 4.94. The number of imidazole rings is 1. The zero-order valence-electron chi connectivity index (χ0n) is 13.8. The largest absolute Gasteiger partial charge is 0.355 e. The van der Waals surface area contributed by atoms with Gasteiger partial charge in [0.2, 0.25) is 0 Å². The van der Waals surface area contributed by atoms with Crippen LogP contribution in [0.15, 0.2) is 41.5 Å². The van der Waals surface area contributed by atoms with Gasteiger partial charge in [0.15, 0.2) is 11.5 Å². The Hall–Kier alpha value is -2.63. The molecule has 24 heavy (non-hydrogen) atoms. The Bertz CT molecular complexity index is 891. The molecule has 1 N–H and O–H groups in total. The summed E-state index contributed by atoms with van der Waals surface area (Å²) >= 11 is 0. The molecule has 4 rings (SSSR count). The topological polar surface area (TPSA) is 66.8 Å². The molecule has 6 heteroatoms. The first-order valence-corrected chi connectivity index (χ1v) is 8.41. The highest BCUT2D eigenvalue weighted by Crippen LogP contribution is 2.27. The van der Waals surface area contributed by atoms with E-state index in [1.165, 1.54) is 10.1 Å². The van der Waals surface area contributed by atoms with Gasteiger partial charge in [0.1, 0.15) is 11.8 Å². The van der Waals surface area contributed by atoms with Crippen molar-refractivity contribution in [3.8, 4) is 0 Å². The molecule has 0 unspecified atom stereocenters. The minimum atomic E-state index is -0.147. The molecule has 1 aromatic carbocycles. The van der Waals surface area contributed by atoms with Crippen LogP contribution in [0.2, 0.25) is 0 Å². The minimum absolute atomic E-state index is 0.147. The number of piperidine rings is 1. The molecule has 1 aliphatic heterocycles. The van der Waals surface area contributed by atoms with Crippen molar-refractivity contribution >= 4 is 17.0 Å². The van der Waals surface area contributed by atoms with Crippen LogP contribution < -0.4 is 10.6 Å². The van der Waals surface area contributed by atoms with Gasteiger partial charge < -0.3 is 9.88 Å². The first kappa shape index (κ1) is 14.9. The van der Waals surface area contributed by atoms with E-state index >= 15 is 0 Å². The molecule has 2 aromatic heterocycles. The first-order valence-electron chi connectivity index (χ1n) is 8.41. The predicted octanol–water partition coefficient (Wildman–Crippen LogP) is 2.12.